The molecule has 0 N–H and O–H groups in total. The summed E-state index contributed by atoms with van der Waals surface area (Å²) in [5, 5.41) is 2.56. The summed E-state index contributed by atoms with van der Waals surface area (Å²) in [7, 11) is 0. The molecule has 2 heterocycles. The van der Waals surface area contributed by atoms with E-state index >= 15 is 0 Å². The van der Waals surface area contributed by atoms with Gasteiger partial charge in [-0.3, -0.25) is 4.98 Å². The van der Waals surface area contributed by atoms with Crippen LogP contribution in [0.1, 0.15) is 69.4 Å². The molecule has 2 nitrogen and oxygen atoms in total. The van der Waals surface area contributed by atoms with Crippen molar-refractivity contribution in [3.05, 3.63) is 64.3 Å². The number of aryl methyl sites for hydroxylation is 1. The zero-order valence-corrected chi connectivity index (χ0v) is 19.9. The molecular weight excluding hydrogens is 378 g/mol. The monoisotopic (exact) mass is 411 g/mol. The molecular formula is C29H33NO. The third kappa shape index (κ3) is 3.03. The van der Waals surface area contributed by atoms with Gasteiger partial charge in [0.1, 0.15) is 11.2 Å². The van der Waals surface area contributed by atoms with Gasteiger partial charge >= 0.3 is 0 Å². The number of fused-ring (bicyclic) bond motifs is 2. The molecule has 1 aliphatic rings. The highest BCUT2D eigenvalue weighted by molar-refractivity contribution is 6.16. The first-order valence-corrected chi connectivity index (χ1v) is 11.7. The number of pyridine rings is 1. The minimum absolute atomic E-state index is 0.156. The minimum Gasteiger partial charge on any atom is -0.455 e. The number of aromatic nitrogens is 1. The number of hydrogen-bond acceptors (Lipinski definition) is 2. The van der Waals surface area contributed by atoms with Crippen LogP contribution in [-0.2, 0) is 18.3 Å². The van der Waals surface area contributed by atoms with E-state index in [1.165, 1.54) is 44.2 Å². The molecule has 4 aromatic rings. The Kier molecular flexibility index (Phi) is 4.55. The third-order valence-electron chi connectivity index (χ3n) is 6.82. The zero-order chi connectivity index (χ0) is 22.1. The van der Waals surface area contributed by atoms with Crippen LogP contribution in [0, 0.1) is 18.8 Å². The fourth-order valence-electron chi connectivity index (χ4n) is 5.41. The Labute approximate surface area is 185 Å². The number of rotatable bonds is 4. The number of furan rings is 1. The van der Waals surface area contributed by atoms with E-state index in [0.29, 0.717) is 11.8 Å². The first kappa shape index (κ1) is 20.3. The lowest BCUT2D eigenvalue weighted by molar-refractivity contribution is 0.606. The van der Waals surface area contributed by atoms with Crippen molar-refractivity contribution in [3.8, 4) is 11.3 Å². The van der Waals surface area contributed by atoms with Crippen molar-refractivity contribution in [2.45, 2.75) is 66.7 Å². The van der Waals surface area contributed by atoms with Gasteiger partial charge in [0.05, 0.1) is 5.69 Å². The molecule has 0 spiro atoms. The van der Waals surface area contributed by atoms with E-state index in [-0.39, 0.29) is 5.41 Å². The Bertz CT molecular complexity index is 1320. The van der Waals surface area contributed by atoms with Crippen LogP contribution in [0.4, 0.5) is 0 Å². The van der Waals surface area contributed by atoms with Gasteiger partial charge in [0, 0.05) is 27.9 Å². The maximum absolute atomic E-state index is 6.78. The van der Waals surface area contributed by atoms with Gasteiger partial charge in [-0.2, -0.15) is 0 Å². The molecule has 0 aliphatic heterocycles. The SMILES string of the molecule is Cc1cnc2c(c1)C(C)(C)c1ccc(CC(C)C)c3oc4c(CC(C)C)ccc-2c4c13. The van der Waals surface area contributed by atoms with E-state index in [2.05, 4.69) is 78.8 Å². The van der Waals surface area contributed by atoms with E-state index in [9.17, 15) is 0 Å². The highest BCUT2D eigenvalue weighted by Gasteiger charge is 2.35. The Morgan fingerprint density at radius 3 is 2.10 bits per heavy atom. The van der Waals surface area contributed by atoms with E-state index in [1.807, 2.05) is 6.20 Å². The summed E-state index contributed by atoms with van der Waals surface area (Å²) in [4.78, 5) is 4.97. The van der Waals surface area contributed by atoms with E-state index in [0.717, 1.165) is 29.7 Å². The summed E-state index contributed by atoms with van der Waals surface area (Å²) in [5.41, 5.74) is 10.8. The molecule has 160 valence electrons. The van der Waals surface area contributed by atoms with Crippen molar-refractivity contribution in [3.63, 3.8) is 0 Å². The summed E-state index contributed by atoms with van der Waals surface area (Å²) in [6.45, 7) is 15.9. The lowest BCUT2D eigenvalue weighted by atomic mass is 9.76. The van der Waals surface area contributed by atoms with Gasteiger partial charge in [-0.1, -0.05) is 71.9 Å². The smallest absolute Gasteiger partial charge is 0.139 e. The van der Waals surface area contributed by atoms with Gasteiger partial charge < -0.3 is 4.42 Å². The highest BCUT2D eigenvalue weighted by Crippen LogP contribution is 2.50. The summed E-state index contributed by atoms with van der Waals surface area (Å²) in [5.74, 6) is 1.16. The van der Waals surface area contributed by atoms with Gasteiger partial charge in [0.25, 0.3) is 0 Å². The lowest BCUT2D eigenvalue weighted by Crippen LogP contribution is -2.20. The average Bonchev–Trinajstić information content (AvgIpc) is 3.06. The number of benzene rings is 2. The van der Waals surface area contributed by atoms with Crippen LogP contribution in [0.5, 0.6) is 0 Å². The lowest BCUT2D eigenvalue weighted by Gasteiger charge is -2.28. The topological polar surface area (TPSA) is 26.0 Å². The van der Waals surface area contributed by atoms with Crippen LogP contribution in [0.2, 0.25) is 0 Å². The van der Waals surface area contributed by atoms with E-state index in [1.54, 1.807) is 0 Å². The standard InChI is InChI=1S/C29H33NO/c1-16(2)12-19-8-10-21-24-25-22(29(6,7)23-14-18(5)15-30-26(21)23)11-9-20(13-17(3)4)28(25)31-27(19)24/h8-11,14-17H,12-13H2,1-7H3. The molecule has 0 fully saturated rings. The van der Waals surface area contributed by atoms with Crippen LogP contribution >= 0.6 is 0 Å². The molecule has 0 radical (unpaired) electrons. The molecule has 0 bridgehead atoms. The zero-order valence-electron chi connectivity index (χ0n) is 19.9. The van der Waals surface area contributed by atoms with Crippen LogP contribution in [-0.4, -0.2) is 4.98 Å². The molecule has 1 aliphatic carbocycles. The first-order valence-electron chi connectivity index (χ1n) is 11.7. The molecule has 31 heavy (non-hydrogen) atoms. The molecule has 0 unspecified atom stereocenters. The van der Waals surface area contributed by atoms with Crippen molar-refractivity contribution < 1.29 is 4.42 Å². The van der Waals surface area contributed by atoms with E-state index < -0.39 is 0 Å². The van der Waals surface area contributed by atoms with Gasteiger partial charge in [-0.05, 0) is 59.4 Å². The van der Waals surface area contributed by atoms with Crippen LogP contribution < -0.4 is 0 Å². The van der Waals surface area contributed by atoms with Gasteiger partial charge in [0.2, 0.25) is 0 Å². The third-order valence-corrected chi connectivity index (χ3v) is 6.82. The van der Waals surface area contributed by atoms with Crippen LogP contribution in [0.3, 0.4) is 0 Å². The van der Waals surface area contributed by atoms with E-state index in [4.69, 9.17) is 9.40 Å². The second kappa shape index (κ2) is 6.95. The predicted molar refractivity (Wildman–Crippen MR) is 131 cm³/mol. The van der Waals surface area contributed by atoms with Gasteiger partial charge in [-0.15, -0.1) is 0 Å². The van der Waals surface area contributed by atoms with Crippen molar-refractivity contribution in [2.75, 3.05) is 0 Å². The fraction of sp³-hybridized carbons (Fsp3) is 0.414. The Balaban J connectivity index is 1.98. The largest absolute Gasteiger partial charge is 0.455 e. The van der Waals surface area contributed by atoms with Crippen molar-refractivity contribution >= 4 is 21.9 Å². The average molecular weight is 412 g/mol. The summed E-state index contributed by atoms with van der Waals surface area (Å²) >= 11 is 0. The Morgan fingerprint density at radius 1 is 0.839 bits per heavy atom. The van der Waals surface area contributed by atoms with Crippen LogP contribution in [0.15, 0.2) is 40.9 Å². The summed E-state index contributed by atoms with van der Waals surface area (Å²) < 4.78 is 6.78. The molecule has 0 saturated carbocycles. The quantitative estimate of drug-likeness (QED) is 0.340. The number of hydrogen-bond donors (Lipinski definition) is 0. The molecule has 5 rings (SSSR count). The van der Waals surface area contributed by atoms with Crippen LogP contribution in [0.25, 0.3) is 33.2 Å². The predicted octanol–water partition coefficient (Wildman–Crippen LogP) is 7.99. The molecule has 0 saturated heterocycles. The second-order valence-corrected chi connectivity index (χ2v) is 10.8. The molecule has 2 heteroatoms. The van der Waals surface area contributed by atoms with Crippen molar-refractivity contribution in [2.24, 2.45) is 11.8 Å². The normalized spacial score (nSPS) is 14.7. The molecule has 0 amide bonds. The van der Waals surface area contributed by atoms with Gasteiger partial charge in [-0.25, -0.2) is 0 Å². The second-order valence-electron chi connectivity index (χ2n) is 10.8. The molecule has 0 atom stereocenters. The fourth-order valence-corrected chi connectivity index (χ4v) is 5.41. The summed E-state index contributed by atoms with van der Waals surface area (Å²) in [6.07, 6.45) is 4.04. The van der Waals surface area contributed by atoms with Gasteiger partial charge in [0.15, 0.2) is 0 Å². The molecule has 2 aromatic heterocycles. The molecule has 2 aromatic carbocycles. The first-order chi connectivity index (χ1) is 14.7. The number of nitrogens with zero attached hydrogens (tertiary/aromatic N) is 1. The summed E-state index contributed by atoms with van der Waals surface area (Å²) in [6, 6.07) is 11.5. The Morgan fingerprint density at radius 2 is 1.45 bits per heavy atom. The van der Waals surface area contributed by atoms with Crippen molar-refractivity contribution in [1.82, 2.24) is 4.98 Å². The highest BCUT2D eigenvalue weighted by atomic mass is 16.3. The maximum Gasteiger partial charge on any atom is 0.139 e. The maximum atomic E-state index is 6.78. The Hall–Kier alpha value is -2.61. The minimum atomic E-state index is -0.156. The van der Waals surface area contributed by atoms with Crippen molar-refractivity contribution in [1.29, 1.82) is 0 Å².